The predicted octanol–water partition coefficient (Wildman–Crippen LogP) is -2.12. The molecule has 1 unspecified atom stereocenters. The fraction of sp³-hybridized carbons (Fsp3) is 0.600. The topological polar surface area (TPSA) is 167 Å². The maximum Gasteiger partial charge on any atom is 0.320 e. The van der Waals surface area contributed by atoms with Crippen LogP contribution in [0.3, 0.4) is 0 Å². The van der Waals surface area contributed by atoms with E-state index in [9.17, 15) is 19.2 Å². The number of nitrogens with two attached hydrogens (primary N) is 1. The Kier molecular flexibility index (Phi) is 4.22. The van der Waals surface area contributed by atoms with Gasteiger partial charge in [-0.2, -0.15) is 0 Å². The second-order valence-corrected chi connectivity index (χ2v) is 4.44. The van der Waals surface area contributed by atoms with Crippen LogP contribution in [0, 0.1) is 5.41 Å². The van der Waals surface area contributed by atoms with Crippen LogP contribution in [-0.2, 0) is 19.2 Å². The van der Waals surface area contributed by atoms with Crippen LogP contribution in [0.5, 0.6) is 0 Å². The number of carboxylic acids is 3. The molecule has 0 aromatic rings. The summed E-state index contributed by atoms with van der Waals surface area (Å²) in [5.41, 5.74) is 3.25. The largest absolute Gasteiger partial charge is 0.480 e. The van der Waals surface area contributed by atoms with E-state index in [1.54, 1.807) is 0 Å². The lowest BCUT2D eigenvalue weighted by molar-refractivity contribution is -0.155. The van der Waals surface area contributed by atoms with Gasteiger partial charge in [0.25, 0.3) is 0 Å². The summed E-state index contributed by atoms with van der Waals surface area (Å²) < 4.78 is 0. The fourth-order valence-corrected chi connectivity index (χ4v) is 1.94. The number of aliphatic carboxylic acids is 3. The summed E-state index contributed by atoms with van der Waals surface area (Å²) in [7, 11) is 0. The van der Waals surface area contributed by atoms with Gasteiger partial charge in [-0.1, -0.05) is 0 Å². The Morgan fingerprint density at radius 2 is 1.84 bits per heavy atom. The molecule has 6 N–H and O–H groups in total. The van der Waals surface area contributed by atoms with Crippen LogP contribution in [0.4, 0.5) is 0 Å². The number of nitrogens with one attached hydrogen (secondary N) is 1. The quantitative estimate of drug-likeness (QED) is 0.340. The van der Waals surface area contributed by atoms with Gasteiger partial charge in [-0.15, -0.1) is 0 Å². The lowest BCUT2D eigenvalue weighted by Crippen LogP contribution is -2.45. The van der Waals surface area contributed by atoms with E-state index in [0.29, 0.717) is 0 Å². The van der Waals surface area contributed by atoms with Crippen molar-refractivity contribution in [3.05, 3.63) is 0 Å². The van der Waals surface area contributed by atoms with Crippen LogP contribution >= 0.6 is 0 Å². The number of hydrogen-bond acceptors (Lipinski definition) is 6. The van der Waals surface area contributed by atoms with Crippen molar-refractivity contribution in [1.82, 2.24) is 5.32 Å². The second kappa shape index (κ2) is 5.33. The van der Waals surface area contributed by atoms with Gasteiger partial charge < -0.3 is 26.4 Å². The number of carbonyl (C=O) groups excluding carboxylic acids is 1. The average molecular weight is 274 g/mol. The first-order chi connectivity index (χ1) is 8.70. The third-order valence-corrected chi connectivity index (χ3v) is 3.17. The van der Waals surface area contributed by atoms with Crippen molar-refractivity contribution in [2.75, 3.05) is 6.54 Å². The van der Waals surface area contributed by atoms with Crippen molar-refractivity contribution in [3.8, 4) is 0 Å². The molecule has 1 heterocycles. The number of rotatable bonds is 6. The van der Waals surface area contributed by atoms with Gasteiger partial charge >= 0.3 is 17.9 Å². The minimum atomic E-state index is -1.93. The van der Waals surface area contributed by atoms with Crippen LogP contribution in [-0.4, -0.2) is 57.6 Å². The standard InChI is InChI=1S/C10H14N2O7/c11-4(7(14)15)1-6(13)10(9(18)19)2-5(8(16)17)12-3-10/h4-5,12H,1-3,11H2,(H,14,15)(H,16,17)(H,18,19)/t4?,5-,10+/m1/s1. The molecule has 1 rings (SSSR count). The summed E-state index contributed by atoms with van der Waals surface area (Å²) in [5, 5.41) is 29.0. The molecular formula is C10H14N2O7. The lowest BCUT2D eigenvalue weighted by atomic mass is 9.78. The van der Waals surface area contributed by atoms with Gasteiger partial charge in [0.05, 0.1) is 0 Å². The number of ketones is 1. The highest BCUT2D eigenvalue weighted by atomic mass is 16.4. The summed E-state index contributed by atoms with van der Waals surface area (Å²) in [6.07, 6.45) is -1.08. The number of hydrogen-bond donors (Lipinski definition) is 5. The Morgan fingerprint density at radius 1 is 1.26 bits per heavy atom. The molecule has 0 aliphatic carbocycles. The first kappa shape index (κ1) is 15.1. The molecule has 19 heavy (non-hydrogen) atoms. The Labute approximate surface area is 107 Å². The van der Waals surface area contributed by atoms with Gasteiger partial charge in [0.2, 0.25) is 0 Å². The van der Waals surface area contributed by atoms with E-state index in [1.807, 2.05) is 0 Å². The molecule has 9 heteroatoms. The van der Waals surface area contributed by atoms with Crippen molar-refractivity contribution >= 4 is 23.7 Å². The monoisotopic (exact) mass is 274 g/mol. The predicted molar refractivity (Wildman–Crippen MR) is 59.3 cm³/mol. The Hall–Kier alpha value is -2.00. The highest BCUT2D eigenvalue weighted by molar-refractivity contribution is 6.05. The number of carbonyl (C=O) groups is 4. The van der Waals surface area contributed by atoms with Crippen LogP contribution in [0.1, 0.15) is 12.8 Å². The van der Waals surface area contributed by atoms with Crippen molar-refractivity contribution in [2.24, 2.45) is 11.1 Å². The van der Waals surface area contributed by atoms with Gasteiger partial charge in [0.1, 0.15) is 17.5 Å². The second-order valence-electron chi connectivity index (χ2n) is 4.44. The van der Waals surface area contributed by atoms with Crippen LogP contribution in [0.15, 0.2) is 0 Å². The molecule has 0 bridgehead atoms. The van der Waals surface area contributed by atoms with Crippen molar-refractivity contribution in [3.63, 3.8) is 0 Å². The molecule has 0 aromatic heterocycles. The zero-order chi connectivity index (χ0) is 14.8. The van der Waals surface area contributed by atoms with Gasteiger partial charge in [-0.25, -0.2) is 0 Å². The van der Waals surface area contributed by atoms with Crippen LogP contribution in [0.25, 0.3) is 0 Å². The van der Waals surface area contributed by atoms with E-state index in [4.69, 9.17) is 21.1 Å². The lowest BCUT2D eigenvalue weighted by Gasteiger charge is -2.22. The van der Waals surface area contributed by atoms with Crippen LogP contribution in [0.2, 0.25) is 0 Å². The van der Waals surface area contributed by atoms with Crippen molar-refractivity contribution in [1.29, 1.82) is 0 Å². The molecule has 106 valence electrons. The molecule has 1 aliphatic heterocycles. The normalized spacial score (nSPS) is 27.7. The van der Waals surface area contributed by atoms with E-state index in [2.05, 4.69) is 5.32 Å². The molecule has 1 fully saturated rings. The van der Waals surface area contributed by atoms with Crippen LogP contribution < -0.4 is 11.1 Å². The van der Waals surface area contributed by atoms with E-state index < -0.39 is 54.0 Å². The Balaban J connectivity index is 2.90. The number of carboxylic acid groups (broad SMARTS) is 3. The third-order valence-electron chi connectivity index (χ3n) is 3.17. The summed E-state index contributed by atoms with van der Waals surface area (Å²) in [5.74, 6) is -5.05. The highest BCUT2D eigenvalue weighted by Crippen LogP contribution is 2.32. The molecule has 1 aliphatic rings. The summed E-state index contributed by atoms with van der Waals surface area (Å²) >= 11 is 0. The minimum Gasteiger partial charge on any atom is -0.480 e. The summed E-state index contributed by atoms with van der Waals surface area (Å²) in [6.45, 7) is -0.357. The first-order valence-electron chi connectivity index (χ1n) is 5.42. The molecule has 0 amide bonds. The fourth-order valence-electron chi connectivity index (χ4n) is 1.94. The SMILES string of the molecule is NC(CC(=O)[C@@]1(C(=O)O)CN[C@@H](C(=O)O)C1)C(=O)O. The number of Topliss-reactive ketones (excluding diaryl/α,β-unsaturated/α-hetero) is 1. The van der Waals surface area contributed by atoms with Gasteiger partial charge in [-0.05, 0) is 6.42 Å². The van der Waals surface area contributed by atoms with E-state index in [-0.39, 0.29) is 6.54 Å². The Morgan fingerprint density at radius 3 is 2.21 bits per heavy atom. The molecule has 3 atom stereocenters. The zero-order valence-electron chi connectivity index (χ0n) is 9.83. The molecular weight excluding hydrogens is 260 g/mol. The van der Waals surface area contributed by atoms with Gasteiger partial charge in [0, 0.05) is 13.0 Å². The molecule has 0 spiro atoms. The molecule has 0 radical (unpaired) electrons. The van der Waals surface area contributed by atoms with Crippen molar-refractivity contribution < 1.29 is 34.5 Å². The first-order valence-corrected chi connectivity index (χ1v) is 5.42. The maximum atomic E-state index is 11.9. The van der Waals surface area contributed by atoms with E-state index in [0.717, 1.165) is 0 Å². The Bertz CT molecular complexity index is 436. The van der Waals surface area contributed by atoms with Gasteiger partial charge in [-0.3, -0.25) is 19.2 Å². The smallest absolute Gasteiger partial charge is 0.320 e. The zero-order valence-corrected chi connectivity index (χ0v) is 9.83. The van der Waals surface area contributed by atoms with E-state index in [1.165, 1.54) is 0 Å². The minimum absolute atomic E-state index is 0.357. The van der Waals surface area contributed by atoms with Gasteiger partial charge in [0.15, 0.2) is 5.78 Å². The molecule has 9 nitrogen and oxygen atoms in total. The van der Waals surface area contributed by atoms with Crippen molar-refractivity contribution in [2.45, 2.75) is 24.9 Å². The average Bonchev–Trinajstić information content (AvgIpc) is 2.74. The highest BCUT2D eigenvalue weighted by Gasteiger charge is 2.53. The van der Waals surface area contributed by atoms with E-state index >= 15 is 0 Å². The molecule has 1 saturated heterocycles. The summed E-state index contributed by atoms with van der Waals surface area (Å²) in [4.78, 5) is 44.5. The molecule has 0 aromatic carbocycles. The maximum absolute atomic E-state index is 11.9. The molecule has 0 saturated carbocycles. The summed E-state index contributed by atoms with van der Waals surface area (Å²) in [6, 6.07) is -2.66. The third kappa shape index (κ3) is 2.88.